The Morgan fingerprint density at radius 1 is 1.00 bits per heavy atom. The van der Waals surface area contributed by atoms with Crippen LogP contribution in [-0.2, 0) is 0 Å². The SMILES string of the molecule is CN(C)c1nc2ccc(OC(=O)c3nc4ccccc4s3)cc2s1. The van der Waals surface area contributed by atoms with Crippen molar-refractivity contribution in [2.45, 2.75) is 0 Å². The highest BCUT2D eigenvalue weighted by Crippen LogP contribution is 2.31. The zero-order valence-electron chi connectivity index (χ0n) is 13.0. The van der Waals surface area contributed by atoms with Gasteiger partial charge in [0.05, 0.1) is 20.4 Å². The van der Waals surface area contributed by atoms with Gasteiger partial charge in [-0.15, -0.1) is 11.3 Å². The monoisotopic (exact) mass is 355 g/mol. The molecule has 2 aromatic heterocycles. The van der Waals surface area contributed by atoms with Crippen molar-refractivity contribution >= 4 is 54.2 Å². The van der Waals surface area contributed by atoms with Gasteiger partial charge in [0.15, 0.2) is 5.13 Å². The number of rotatable bonds is 3. The van der Waals surface area contributed by atoms with Crippen LogP contribution in [0.5, 0.6) is 5.75 Å². The minimum atomic E-state index is -0.437. The molecule has 4 aromatic rings. The second kappa shape index (κ2) is 5.85. The summed E-state index contributed by atoms with van der Waals surface area (Å²) in [7, 11) is 3.90. The standard InChI is InChI=1S/C17H13N3O2S2/c1-20(2)17-19-12-8-7-10(9-14(12)24-17)22-16(21)15-18-11-5-3-4-6-13(11)23-15/h3-9H,1-2H3. The summed E-state index contributed by atoms with van der Waals surface area (Å²) in [4.78, 5) is 23.1. The molecule has 5 nitrogen and oxygen atoms in total. The lowest BCUT2D eigenvalue weighted by Crippen LogP contribution is -2.07. The first-order valence-electron chi connectivity index (χ1n) is 7.26. The molecule has 0 radical (unpaired) electrons. The van der Waals surface area contributed by atoms with Crippen molar-refractivity contribution in [3.05, 3.63) is 47.5 Å². The molecular formula is C17H13N3O2S2. The molecule has 0 saturated carbocycles. The number of esters is 1. The van der Waals surface area contributed by atoms with E-state index in [1.54, 1.807) is 17.4 Å². The number of thiazole rings is 2. The highest BCUT2D eigenvalue weighted by Gasteiger charge is 2.15. The van der Waals surface area contributed by atoms with Gasteiger partial charge in [-0.1, -0.05) is 23.5 Å². The molecule has 0 N–H and O–H groups in total. The summed E-state index contributed by atoms with van der Waals surface area (Å²) in [5.41, 5.74) is 1.70. The maximum atomic E-state index is 12.3. The Kier molecular flexibility index (Phi) is 3.66. The van der Waals surface area contributed by atoms with E-state index in [1.165, 1.54) is 11.3 Å². The van der Waals surface area contributed by atoms with Crippen molar-refractivity contribution in [1.82, 2.24) is 9.97 Å². The van der Waals surface area contributed by atoms with Crippen LogP contribution in [0.15, 0.2) is 42.5 Å². The van der Waals surface area contributed by atoms with Gasteiger partial charge in [-0.25, -0.2) is 14.8 Å². The lowest BCUT2D eigenvalue weighted by molar-refractivity contribution is 0.0735. The third-order valence-corrected chi connectivity index (χ3v) is 5.61. The molecule has 0 aliphatic heterocycles. The summed E-state index contributed by atoms with van der Waals surface area (Å²) in [6.45, 7) is 0. The molecule has 4 rings (SSSR count). The maximum Gasteiger partial charge on any atom is 0.372 e. The highest BCUT2D eigenvalue weighted by atomic mass is 32.1. The third kappa shape index (κ3) is 2.72. The molecule has 0 bridgehead atoms. The van der Waals surface area contributed by atoms with Crippen LogP contribution in [0.4, 0.5) is 5.13 Å². The van der Waals surface area contributed by atoms with Gasteiger partial charge in [0.1, 0.15) is 5.75 Å². The fourth-order valence-corrected chi connectivity index (χ4v) is 4.02. The van der Waals surface area contributed by atoms with E-state index in [2.05, 4.69) is 9.97 Å². The van der Waals surface area contributed by atoms with Crippen LogP contribution in [0, 0.1) is 0 Å². The van der Waals surface area contributed by atoms with Crippen LogP contribution in [0.3, 0.4) is 0 Å². The lowest BCUT2D eigenvalue weighted by atomic mass is 10.3. The molecular weight excluding hydrogens is 342 g/mol. The van der Waals surface area contributed by atoms with Crippen molar-refractivity contribution in [3.63, 3.8) is 0 Å². The van der Waals surface area contributed by atoms with Crippen LogP contribution < -0.4 is 9.64 Å². The molecule has 0 atom stereocenters. The number of hydrogen-bond acceptors (Lipinski definition) is 7. The first kappa shape index (κ1) is 15.0. The van der Waals surface area contributed by atoms with Crippen LogP contribution in [0.25, 0.3) is 20.4 Å². The number of nitrogens with zero attached hydrogens (tertiary/aromatic N) is 3. The number of aromatic nitrogens is 2. The number of carbonyl (C=O) groups is 1. The molecule has 0 spiro atoms. The van der Waals surface area contributed by atoms with Gasteiger partial charge in [0, 0.05) is 20.2 Å². The Labute approximate surface area is 146 Å². The van der Waals surface area contributed by atoms with E-state index in [0.29, 0.717) is 10.8 Å². The summed E-state index contributed by atoms with van der Waals surface area (Å²) in [5, 5.41) is 1.27. The number of hydrogen-bond donors (Lipinski definition) is 0. The molecule has 2 heterocycles. The molecule has 0 aliphatic carbocycles. The van der Waals surface area contributed by atoms with Crippen LogP contribution in [-0.4, -0.2) is 30.0 Å². The van der Waals surface area contributed by atoms with Crippen molar-refractivity contribution < 1.29 is 9.53 Å². The number of para-hydroxylation sites is 1. The van der Waals surface area contributed by atoms with Crippen LogP contribution in [0.2, 0.25) is 0 Å². The van der Waals surface area contributed by atoms with E-state index in [1.807, 2.05) is 55.4 Å². The molecule has 120 valence electrons. The summed E-state index contributed by atoms with van der Waals surface area (Å²) in [6.07, 6.45) is 0. The predicted molar refractivity (Wildman–Crippen MR) is 98.5 cm³/mol. The number of ether oxygens (including phenoxy) is 1. The van der Waals surface area contributed by atoms with E-state index in [4.69, 9.17) is 4.74 Å². The largest absolute Gasteiger partial charge is 0.421 e. The molecule has 0 unspecified atom stereocenters. The summed E-state index contributed by atoms with van der Waals surface area (Å²) < 4.78 is 7.43. The van der Waals surface area contributed by atoms with Crippen LogP contribution in [0.1, 0.15) is 9.80 Å². The molecule has 7 heteroatoms. The number of anilines is 1. The molecule has 0 aliphatic rings. The molecule has 0 amide bonds. The van der Waals surface area contributed by atoms with Gasteiger partial charge >= 0.3 is 5.97 Å². The van der Waals surface area contributed by atoms with E-state index in [-0.39, 0.29) is 0 Å². The van der Waals surface area contributed by atoms with E-state index < -0.39 is 5.97 Å². The first-order chi connectivity index (χ1) is 11.6. The second-order valence-corrected chi connectivity index (χ2v) is 7.44. The lowest BCUT2D eigenvalue weighted by Gasteiger charge is -2.04. The number of carbonyl (C=O) groups excluding carboxylic acids is 1. The Morgan fingerprint density at radius 3 is 2.58 bits per heavy atom. The van der Waals surface area contributed by atoms with Crippen molar-refractivity contribution in [1.29, 1.82) is 0 Å². The van der Waals surface area contributed by atoms with E-state index in [0.717, 1.165) is 25.6 Å². The summed E-state index contributed by atoms with van der Waals surface area (Å²) >= 11 is 2.89. The smallest absolute Gasteiger partial charge is 0.372 e. The fourth-order valence-electron chi connectivity index (χ4n) is 2.26. The van der Waals surface area contributed by atoms with Gasteiger partial charge in [0.25, 0.3) is 0 Å². The zero-order chi connectivity index (χ0) is 16.7. The number of fused-ring (bicyclic) bond motifs is 2. The van der Waals surface area contributed by atoms with Gasteiger partial charge in [-0.3, -0.25) is 0 Å². The summed E-state index contributed by atoms with van der Waals surface area (Å²) in [5.74, 6) is 0.0635. The fraction of sp³-hybridized carbons (Fsp3) is 0.118. The van der Waals surface area contributed by atoms with Crippen molar-refractivity contribution in [3.8, 4) is 5.75 Å². The Balaban J connectivity index is 1.61. The highest BCUT2D eigenvalue weighted by molar-refractivity contribution is 7.22. The Bertz CT molecular complexity index is 1020. The van der Waals surface area contributed by atoms with Crippen molar-refractivity contribution in [2.24, 2.45) is 0 Å². The Morgan fingerprint density at radius 2 is 1.79 bits per heavy atom. The molecule has 0 fully saturated rings. The average molecular weight is 355 g/mol. The minimum absolute atomic E-state index is 0.356. The van der Waals surface area contributed by atoms with E-state index >= 15 is 0 Å². The molecule has 24 heavy (non-hydrogen) atoms. The van der Waals surface area contributed by atoms with Gasteiger partial charge in [0.2, 0.25) is 5.01 Å². The average Bonchev–Trinajstić information content (AvgIpc) is 3.18. The summed E-state index contributed by atoms with van der Waals surface area (Å²) in [6, 6.07) is 13.1. The van der Waals surface area contributed by atoms with Crippen LogP contribution >= 0.6 is 22.7 Å². The normalized spacial score (nSPS) is 11.1. The number of benzene rings is 2. The van der Waals surface area contributed by atoms with E-state index in [9.17, 15) is 4.79 Å². The van der Waals surface area contributed by atoms with Gasteiger partial charge in [-0.2, -0.15) is 0 Å². The van der Waals surface area contributed by atoms with Gasteiger partial charge < -0.3 is 9.64 Å². The topological polar surface area (TPSA) is 55.3 Å². The minimum Gasteiger partial charge on any atom is -0.421 e. The predicted octanol–water partition coefficient (Wildman–Crippen LogP) is 4.19. The van der Waals surface area contributed by atoms with Crippen molar-refractivity contribution in [2.75, 3.05) is 19.0 Å². The second-order valence-electron chi connectivity index (χ2n) is 5.40. The third-order valence-electron chi connectivity index (χ3n) is 3.41. The first-order valence-corrected chi connectivity index (χ1v) is 8.89. The molecule has 2 aromatic carbocycles. The van der Waals surface area contributed by atoms with Gasteiger partial charge in [-0.05, 0) is 24.3 Å². The zero-order valence-corrected chi connectivity index (χ0v) is 14.6. The molecule has 0 saturated heterocycles. The Hall–Kier alpha value is -2.51. The quantitative estimate of drug-likeness (QED) is 0.407. The maximum absolute atomic E-state index is 12.3.